The monoisotopic (exact) mass is 613 g/mol. The number of fused-ring (bicyclic) bond motifs is 4. The summed E-state index contributed by atoms with van der Waals surface area (Å²) in [5.41, 5.74) is 9.93. The molecule has 0 amide bonds. The first-order chi connectivity index (χ1) is 23.8. The molecule has 0 saturated carbocycles. The van der Waals surface area contributed by atoms with Crippen molar-refractivity contribution in [3.05, 3.63) is 188 Å². The van der Waals surface area contributed by atoms with Crippen LogP contribution in [0.5, 0.6) is 0 Å². The molecule has 9 aromatic rings. The van der Waals surface area contributed by atoms with Gasteiger partial charge in [0.05, 0.1) is 0 Å². The highest BCUT2D eigenvalue weighted by atomic mass is 16.3. The molecule has 2 heteroatoms. The molecule has 0 spiro atoms. The molecule has 8 aromatic carbocycles. The summed E-state index contributed by atoms with van der Waals surface area (Å²) in [5, 5.41) is 6.16. The van der Waals surface area contributed by atoms with Crippen LogP contribution < -0.4 is 4.90 Å². The standard InChI is InChI=1S/C46H31NO/c1-2-12-32(13-3-1)34-16-10-18-39(28-34)47(40-19-11-17-36(29-40)46-31-37-15-5-9-23-45(37)48-46)38-26-24-33(25-27-38)44-30-35-14-4-6-20-41(35)42-21-7-8-22-43(42)44/h1-31H. The number of anilines is 3. The van der Waals surface area contributed by atoms with E-state index in [1.807, 2.05) is 18.2 Å². The van der Waals surface area contributed by atoms with E-state index in [-0.39, 0.29) is 0 Å². The van der Waals surface area contributed by atoms with Gasteiger partial charge in [-0.1, -0.05) is 133 Å². The maximum absolute atomic E-state index is 6.29. The Morgan fingerprint density at radius 1 is 0.333 bits per heavy atom. The Balaban J connectivity index is 1.18. The van der Waals surface area contributed by atoms with Gasteiger partial charge in [0, 0.05) is 28.0 Å². The van der Waals surface area contributed by atoms with Crippen molar-refractivity contribution in [2.45, 2.75) is 0 Å². The summed E-state index contributed by atoms with van der Waals surface area (Å²) in [6.07, 6.45) is 0. The van der Waals surface area contributed by atoms with E-state index in [1.165, 1.54) is 43.8 Å². The van der Waals surface area contributed by atoms with E-state index >= 15 is 0 Å². The predicted molar refractivity (Wildman–Crippen MR) is 202 cm³/mol. The van der Waals surface area contributed by atoms with Crippen LogP contribution in [0.2, 0.25) is 0 Å². The van der Waals surface area contributed by atoms with Gasteiger partial charge in [0.15, 0.2) is 0 Å². The summed E-state index contributed by atoms with van der Waals surface area (Å²) >= 11 is 0. The fourth-order valence-corrected chi connectivity index (χ4v) is 6.91. The van der Waals surface area contributed by atoms with E-state index in [1.54, 1.807) is 0 Å². The molecule has 2 nitrogen and oxygen atoms in total. The lowest BCUT2D eigenvalue weighted by atomic mass is 9.93. The summed E-state index contributed by atoms with van der Waals surface area (Å²) in [5.74, 6) is 0.856. The third-order valence-corrected chi connectivity index (χ3v) is 9.23. The van der Waals surface area contributed by atoms with Gasteiger partial charge < -0.3 is 9.32 Å². The number of furan rings is 1. The van der Waals surface area contributed by atoms with Crippen molar-refractivity contribution < 1.29 is 4.42 Å². The molecule has 0 radical (unpaired) electrons. The van der Waals surface area contributed by atoms with Gasteiger partial charge in [-0.3, -0.25) is 0 Å². The predicted octanol–water partition coefficient (Wildman–Crippen LogP) is 13.2. The lowest BCUT2D eigenvalue weighted by molar-refractivity contribution is 0.631. The van der Waals surface area contributed by atoms with Crippen LogP contribution >= 0.6 is 0 Å². The normalized spacial score (nSPS) is 11.3. The Kier molecular flexibility index (Phi) is 6.84. The third-order valence-electron chi connectivity index (χ3n) is 9.23. The molecule has 48 heavy (non-hydrogen) atoms. The Hall–Kier alpha value is -6.38. The SMILES string of the molecule is c1ccc(-c2cccc(N(c3ccc(-c4cc5ccccc5c5ccccc45)cc3)c3cccc(-c4cc5ccccc5o4)c3)c2)cc1. The van der Waals surface area contributed by atoms with Gasteiger partial charge in [0.25, 0.3) is 0 Å². The molecular formula is C46H31NO. The molecule has 0 fully saturated rings. The third kappa shape index (κ3) is 5.01. The maximum Gasteiger partial charge on any atom is 0.135 e. The summed E-state index contributed by atoms with van der Waals surface area (Å²) in [6, 6.07) is 66.9. The lowest BCUT2D eigenvalue weighted by Gasteiger charge is -2.26. The average molecular weight is 614 g/mol. The number of benzene rings is 8. The van der Waals surface area contributed by atoms with E-state index in [0.29, 0.717) is 0 Å². The van der Waals surface area contributed by atoms with Gasteiger partial charge in [-0.05, 0) is 98.4 Å². The van der Waals surface area contributed by atoms with Crippen molar-refractivity contribution in [1.82, 2.24) is 0 Å². The van der Waals surface area contributed by atoms with E-state index in [4.69, 9.17) is 4.42 Å². The van der Waals surface area contributed by atoms with Crippen LogP contribution in [0.3, 0.4) is 0 Å². The fraction of sp³-hybridized carbons (Fsp3) is 0. The first-order valence-electron chi connectivity index (χ1n) is 16.3. The van der Waals surface area contributed by atoms with Gasteiger partial charge in [0.1, 0.15) is 11.3 Å². The van der Waals surface area contributed by atoms with Crippen LogP contribution in [-0.4, -0.2) is 0 Å². The highest BCUT2D eigenvalue weighted by molar-refractivity contribution is 6.13. The number of hydrogen-bond acceptors (Lipinski definition) is 2. The Morgan fingerprint density at radius 3 is 1.71 bits per heavy atom. The lowest BCUT2D eigenvalue weighted by Crippen LogP contribution is -2.10. The molecule has 0 saturated heterocycles. The number of rotatable bonds is 6. The van der Waals surface area contributed by atoms with Crippen LogP contribution in [0.1, 0.15) is 0 Å². The van der Waals surface area contributed by atoms with Crippen LogP contribution in [-0.2, 0) is 0 Å². The molecule has 0 aliphatic carbocycles. The summed E-state index contributed by atoms with van der Waals surface area (Å²) in [4.78, 5) is 2.33. The zero-order chi connectivity index (χ0) is 31.9. The van der Waals surface area contributed by atoms with Gasteiger partial charge in [-0.25, -0.2) is 0 Å². The number of hydrogen-bond donors (Lipinski definition) is 0. The minimum Gasteiger partial charge on any atom is -0.456 e. The van der Waals surface area contributed by atoms with E-state index in [9.17, 15) is 0 Å². The molecule has 0 aliphatic heterocycles. The molecule has 1 heterocycles. The molecule has 0 aliphatic rings. The Bertz CT molecular complexity index is 2530. The highest BCUT2D eigenvalue weighted by Gasteiger charge is 2.17. The topological polar surface area (TPSA) is 16.4 Å². The van der Waals surface area contributed by atoms with Crippen LogP contribution in [0.15, 0.2) is 192 Å². The summed E-state index contributed by atoms with van der Waals surface area (Å²) in [6.45, 7) is 0. The minimum atomic E-state index is 0.856. The van der Waals surface area contributed by atoms with Crippen molar-refractivity contribution in [1.29, 1.82) is 0 Å². The van der Waals surface area contributed by atoms with Crippen LogP contribution in [0.4, 0.5) is 17.1 Å². The number of para-hydroxylation sites is 1. The van der Waals surface area contributed by atoms with Gasteiger partial charge in [-0.2, -0.15) is 0 Å². The van der Waals surface area contributed by atoms with Crippen molar-refractivity contribution in [3.63, 3.8) is 0 Å². The van der Waals surface area contributed by atoms with Crippen molar-refractivity contribution in [2.24, 2.45) is 0 Å². The van der Waals surface area contributed by atoms with Gasteiger partial charge in [-0.15, -0.1) is 0 Å². The molecule has 0 bridgehead atoms. The second-order valence-electron chi connectivity index (χ2n) is 12.2. The van der Waals surface area contributed by atoms with Gasteiger partial charge in [0.2, 0.25) is 0 Å². The van der Waals surface area contributed by atoms with Crippen LogP contribution in [0, 0.1) is 0 Å². The Labute approximate surface area is 279 Å². The van der Waals surface area contributed by atoms with Gasteiger partial charge >= 0.3 is 0 Å². The smallest absolute Gasteiger partial charge is 0.135 e. The second kappa shape index (κ2) is 11.8. The zero-order valence-electron chi connectivity index (χ0n) is 26.3. The first kappa shape index (κ1) is 27.9. The van der Waals surface area contributed by atoms with Crippen LogP contribution in [0.25, 0.3) is 66.1 Å². The molecule has 0 atom stereocenters. The molecule has 0 N–H and O–H groups in total. The van der Waals surface area contributed by atoms with E-state index < -0.39 is 0 Å². The fourth-order valence-electron chi connectivity index (χ4n) is 6.91. The van der Waals surface area contributed by atoms with Crippen molar-refractivity contribution in [2.75, 3.05) is 4.90 Å². The van der Waals surface area contributed by atoms with E-state index in [2.05, 4.69) is 175 Å². The highest BCUT2D eigenvalue weighted by Crippen LogP contribution is 2.41. The molecule has 0 unspecified atom stereocenters. The Morgan fingerprint density at radius 2 is 0.938 bits per heavy atom. The summed E-state index contributed by atoms with van der Waals surface area (Å²) in [7, 11) is 0. The van der Waals surface area contributed by atoms with Crippen molar-refractivity contribution >= 4 is 49.6 Å². The maximum atomic E-state index is 6.29. The average Bonchev–Trinajstić information content (AvgIpc) is 3.60. The molecular weight excluding hydrogens is 583 g/mol. The zero-order valence-corrected chi connectivity index (χ0v) is 26.3. The quantitative estimate of drug-likeness (QED) is 0.174. The van der Waals surface area contributed by atoms with Crippen molar-refractivity contribution in [3.8, 4) is 33.6 Å². The second-order valence-corrected chi connectivity index (χ2v) is 12.2. The molecule has 1 aromatic heterocycles. The summed E-state index contributed by atoms with van der Waals surface area (Å²) < 4.78 is 6.29. The largest absolute Gasteiger partial charge is 0.456 e. The molecule has 9 rings (SSSR count). The number of nitrogens with zero attached hydrogens (tertiary/aromatic N) is 1. The minimum absolute atomic E-state index is 0.856. The first-order valence-corrected chi connectivity index (χ1v) is 16.3. The van der Waals surface area contributed by atoms with E-state index in [0.717, 1.165) is 39.4 Å². The molecule has 226 valence electrons.